The molecule has 0 spiro atoms. The average Bonchev–Trinajstić information content (AvgIpc) is 2.70. The van der Waals surface area contributed by atoms with E-state index in [0.29, 0.717) is 5.56 Å². The van der Waals surface area contributed by atoms with E-state index >= 15 is 0 Å². The van der Waals surface area contributed by atoms with Crippen LogP contribution in [0.1, 0.15) is 15.9 Å². The molecule has 0 bridgehead atoms. The number of benzene rings is 2. The van der Waals surface area contributed by atoms with Crippen LogP contribution in [-0.2, 0) is 16.1 Å². The van der Waals surface area contributed by atoms with Crippen LogP contribution in [0.4, 0.5) is 5.69 Å². The molecule has 0 radical (unpaired) electrons. The molecule has 2 aromatic rings. The summed E-state index contributed by atoms with van der Waals surface area (Å²) < 4.78 is 15.0. The van der Waals surface area contributed by atoms with Gasteiger partial charge in [0.2, 0.25) is 0 Å². The number of carbonyl (C=O) groups excluding carboxylic acids is 2. The van der Waals surface area contributed by atoms with Gasteiger partial charge in [0, 0.05) is 12.6 Å². The first kappa shape index (κ1) is 19.7. The molecule has 0 aliphatic carbocycles. The minimum absolute atomic E-state index is 0.101. The third-order valence-electron chi connectivity index (χ3n) is 3.58. The lowest BCUT2D eigenvalue weighted by molar-refractivity contribution is -0.385. The van der Waals surface area contributed by atoms with Gasteiger partial charge in [0.1, 0.15) is 0 Å². The standard InChI is InChI=1S/C18H18N2O7/c1-25-15-8-7-14(20(23)24)9-16(15)27-11-17(21)19-10-12-3-5-13(6-4-12)18(22)26-2/h3-9H,10-11H2,1-2H3,(H,19,21). The second-order valence-electron chi connectivity index (χ2n) is 5.35. The van der Waals surface area contributed by atoms with E-state index in [2.05, 4.69) is 10.1 Å². The minimum atomic E-state index is -0.565. The molecule has 0 atom stereocenters. The molecule has 1 N–H and O–H groups in total. The van der Waals surface area contributed by atoms with Crippen LogP contribution in [0.5, 0.6) is 11.5 Å². The van der Waals surface area contributed by atoms with Crippen molar-refractivity contribution >= 4 is 17.6 Å². The van der Waals surface area contributed by atoms with Crippen LogP contribution in [0.3, 0.4) is 0 Å². The number of methoxy groups -OCH3 is 2. The fourth-order valence-corrected chi connectivity index (χ4v) is 2.16. The van der Waals surface area contributed by atoms with Crippen molar-refractivity contribution in [2.24, 2.45) is 0 Å². The summed E-state index contributed by atoms with van der Waals surface area (Å²) in [4.78, 5) is 33.6. The molecule has 0 aromatic heterocycles. The SMILES string of the molecule is COC(=O)c1ccc(CNC(=O)COc2cc([N+](=O)[O-])ccc2OC)cc1. The van der Waals surface area contributed by atoms with Crippen LogP contribution in [0.2, 0.25) is 0 Å². The van der Waals surface area contributed by atoms with Crippen molar-refractivity contribution in [3.8, 4) is 11.5 Å². The third kappa shape index (κ3) is 5.43. The fourth-order valence-electron chi connectivity index (χ4n) is 2.16. The van der Waals surface area contributed by atoms with Crippen molar-refractivity contribution < 1.29 is 28.7 Å². The first-order chi connectivity index (χ1) is 12.9. The van der Waals surface area contributed by atoms with E-state index < -0.39 is 16.8 Å². The summed E-state index contributed by atoms with van der Waals surface area (Å²) in [5.74, 6) is -0.471. The van der Waals surface area contributed by atoms with Gasteiger partial charge in [-0.05, 0) is 23.8 Å². The van der Waals surface area contributed by atoms with E-state index in [1.807, 2.05) is 0 Å². The second kappa shape index (κ2) is 9.18. The maximum Gasteiger partial charge on any atom is 0.337 e. The van der Waals surface area contributed by atoms with Crippen molar-refractivity contribution in [3.63, 3.8) is 0 Å². The minimum Gasteiger partial charge on any atom is -0.493 e. The molecule has 9 heteroatoms. The molecule has 27 heavy (non-hydrogen) atoms. The van der Waals surface area contributed by atoms with Crippen LogP contribution >= 0.6 is 0 Å². The molecular formula is C18H18N2O7. The Morgan fingerprint density at radius 3 is 2.37 bits per heavy atom. The molecule has 0 fully saturated rings. The average molecular weight is 374 g/mol. The van der Waals surface area contributed by atoms with Gasteiger partial charge in [-0.3, -0.25) is 14.9 Å². The van der Waals surface area contributed by atoms with Crippen molar-refractivity contribution in [2.75, 3.05) is 20.8 Å². The molecule has 1 amide bonds. The molecule has 0 heterocycles. The van der Waals surface area contributed by atoms with Crippen LogP contribution < -0.4 is 14.8 Å². The highest BCUT2D eigenvalue weighted by atomic mass is 16.6. The Kier molecular flexibility index (Phi) is 6.70. The van der Waals surface area contributed by atoms with Crippen LogP contribution in [0.25, 0.3) is 0 Å². The number of carbonyl (C=O) groups is 2. The smallest absolute Gasteiger partial charge is 0.337 e. The predicted octanol–water partition coefficient (Wildman–Crippen LogP) is 2.09. The molecule has 0 aliphatic rings. The van der Waals surface area contributed by atoms with Gasteiger partial charge in [-0.2, -0.15) is 0 Å². The maximum atomic E-state index is 11.9. The number of hydrogen-bond acceptors (Lipinski definition) is 7. The zero-order valence-electron chi connectivity index (χ0n) is 14.8. The zero-order valence-corrected chi connectivity index (χ0v) is 14.8. The van der Waals surface area contributed by atoms with E-state index in [9.17, 15) is 19.7 Å². The van der Waals surface area contributed by atoms with Crippen molar-refractivity contribution in [1.82, 2.24) is 5.32 Å². The number of non-ortho nitro benzene ring substituents is 1. The van der Waals surface area contributed by atoms with Gasteiger partial charge in [-0.1, -0.05) is 12.1 Å². The number of nitro groups is 1. The highest BCUT2D eigenvalue weighted by Crippen LogP contribution is 2.30. The van der Waals surface area contributed by atoms with Gasteiger partial charge in [0.15, 0.2) is 18.1 Å². The molecular weight excluding hydrogens is 356 g/mol. The number of rotatable bonds is 8. The molecule has 0 aliphatic heterocycles. The normalized spacial score (nSPS) is 10.0. The summed E-state index contributed by atoms with van der Waals surface area (Å²) in [5, 5.41) is 13.5. The first-order valence-corrected chi connectivity index (χ1v) is 7.83. The van der Waals surface area contributed by atoms with E-state index in [1.54, 1.807) is 24.3 Å². The summed E-state index contributed by atoms with van der Waals surface area (Å²) in [7, 11) is 2.69. The summed E-state index contributed by atoms with van der Waals surface area (Å²) in [6.07, 6.45) is 0. The highest BCUT2D eigenvalue weighted by Gasteiger charge is 2.14. The number of hydrogen-bond donors (Lipinski definition) is 1. The van der Waals surface area contributed by atoms with Crippen molar-refractivity contribution in [1.29, 1.82) is 0 Å². The van der Waals surface area contributed by atoms with Gasteiger partial charge in [0.25, 0.3) is 11.6 Å². The van der Waals surface area contributed by atoms with Crippen LogP contribution in [-0.4, -0.2) is 37.6 Å². The molecule has 0 unspecified atom stereocenters. The van der Waals surface area contributed by atoms with Crippen molar-refractivity contribution in [2.45, 2.75) is 6.54 Å². The van der Waals surface area contributed by atoms with Gasteiger partial charge in [-0.25, -0.2) is 4.79 Å². The Balaban J connectivity index is 1.90. The number of esters is 1. The maximum absolute atomic E-state index is 11.9. The van der Waals surface area contributed by atoms with Gasteiger partial charge >= 0.3 is 5.97 Å². The number of ether oxygens (including phenoxy) is 3. The monoisotopic (exact) mass is 374 g/mol. The van der Waals surface area contributed by atoms with Crippen LogP contribution in [0.15, 0.2) is 42.5 Å². The zero-order chi connectivity index (χ0) is 19.8. The lowest BCUT2D eigenvalue weighted by Crippen LogP contribution is -2.28. The quantitative estimate of drug-likeness (QED) is 0.427. The number of amides is 1. The lowest BCUT2D eigenvalue weighted by atomic mass is 10.1. The Bertz CT molecular complexity index is 834. The van der Waals surface area contributed by atoms with Crippen molar-refractivity contribution in [3.05, 3.63) is 63.7 Å². The number of nitrogens with one attached hydrogen (secondary N) is 1. The Morgan fingerprint density at radius 2 is 1.78 bits per heavy atom. The fraction of sp³-hybridized carbons (Fsp3) is 0.222. The molecule has 2 rings (SSSR count). The Hall–Kier alpha value is -3.62. The van der Waals surface area contributed by atoms with Gasteiger partial charge < -0.3 is 19.5 Å². The first-order valence-electron chi connectivity index (χ1n) is 7.83. The molecule has 9 nitrogen and oxygen atoms in total. The summed E-state index contributed by atoms with van der Waals surface area (Å²) in [6.45, 7) is -0.104. The van der Waals surface area contributed by atoms with E-state index in [1.165, 1.54) is 32.4 Å². The molecule has 0 saturated carbocycles. The number of nitrogens with zero attached hydrogens (tertiary/aromatic N) is 1. The summed E-state index contributed by atoms with van der Waals surface area (Å²) >= 11 is 0. The second-order valence-corrected chi connectivity index (χ2v) is 5.35. The number of nitro benzene ring substituents is 1. The van der Waals surface area contributed by atoms with Gasteiger partial charge in [0.05, 0.1) is 30.8 Å². The highest BCUT2D eigenvalue weighted by molar-refractivity contribution is 5.89. The molecule has 2 aromatic carbocycles. The summed E-state index contributed by atoms with van der Waals surface area (Å²) in [5.41, 5.74) is 1.02. The Morgan fingerprint density at radius 1 is 1.07 bits per heavy atom. The summed E-state index contributed by atoms with van der Waals surface area (Å²) in [6, 6.07) is 10.4. The lowest BCUT2D eigenvalue weighted by Gasteiger charge is -2.11. The topological polar surface area (TPSA) is 117 Å². The third-order valence-corrected chi connectivity index (χ3v) is 3.58. The largest absolute Gasteiger partial charge is 0.493 e. The van der Waals surface area contributed by atoms with E-state index in [-0.39, 0.29) is 30.3 Å². The van der Waals surface area contributed by atoms with E-state index in [4.69, 9.17) is 9.47 Å². The molecule has 0 saturated heterocycles. The van der Waals surface area contributed by atoms with Gasteiger partial charge in [-0.15, -0.1) is 0 Å². The van der Waals surface area contributed by atoms with E-state index in [0.717, 1.165) is 5.56 Å². The Labute approximate surface area is 155 Å². The molecule has 142 valence electrons. The predicted molar refractivity (Wildman–Crippen MR) is 94.8 cm³/mol. The van der Waals surface area contributed by atoms with Crippen LogP contribution in [0, 0.1) is 10.1 Å².